The number of fused-ring (bicyclic) bond motifs is 1. The lowest BCUT2D eigenvalue weighted by atomic mass is 9.65. The minimum absolute atomic E-state index is 0.0338. The van der Waals surface area contributed by atoms with E-state index in [0.29, 0.717) is 5.92 Å². The van der Waals surface area contributed by atoms with Gasteiger partial charge in [0.05, 0.1) is 6.10 Å². The molecule has 0 aliphatic heterocycles. The maximum atomic E-state index is 9.82. The van der Waals surface area contributed by atoms with Crippen molar-refractivity contribution in [3.05, 3.63) is 0 Å². The third-order valence-electron chi connectivity index (χ3n) is 4.02. The monoisotopic (exact) mass is 168 g/mol. The number of rotatable bonds is 0. The Morgan fingerprint density at radius 2 is 1.58 bits per heavy atom. The first-order valence-electron chi connectivity index (χ1n) is 5.47. The van der Waals surface area contributed by atoms with E-state index < -0.39 is 0 Å². The quantitative estimate of drug-likeness (QED) is 0.589. The molecule has 0 saturated heterocycles. The van der Waals surface area contributed by atoms with Crippen LogP contribution in [0, 0.1) is 17.8 Å². The summed E-state index contributed by atoms with van der Waals surface area (Å²) in [4.78, 5) is 0. The molecule has 0 aromatic heterocycles. The van der Waals surface area contributed by atoms with Crippen LogP contribution in [0.2, 0.25) is 0 Å². The molecular weight excluding hydrogens is 148 g/mol. The molecule has 2 aliphatic carbocycles. The van der Waals surface area contributed by atoms with Gasteiger partial charge in [-0.15, -0.1) is 0 Å². The van der Waals surface area contributed by atoms with Crippen LogP contribution in [-0.2, 0) is 0 Å². The third-order valence-corrected chi connectivity index (χ3v) is 4.02. The van der Waals surface area contributed by atoms with Crippen molar-refractivity contribution in [3.8, 4) is 0 Å². The average Bonchev–Trinajstić information content (AvgIpc) is 2.12. The molecule has 0 spiro atoms. The molecule has 12 heavy (non-hydrogen) atoms. The molecule has 1 heteroatoms. The molecule has 1 N–H and O–H groups in total. The summed E-state index contributed by atoms with van der Waals surface area (Å²) in [6, 6.07) is 0. The minimum atomic E-state index is 0.0338. The Labute approximate surface area is 75.2 Å². The van der Waals surface area contributed by atoms with Crippen LogP contribution in [0.4, 0.5) is 0 Å². The van der Waals surface area contributed by atoms with Crippen LogP contribution < -0.4 is 0 Å². The second-order valence-corrected chi connectivity index (χ2v) is 4.73. The fraction of sp³-hybridized carbons (Fsp3) is 1.00. The fourth-order valence-electron chi connectivity index (χ4n) is 3.23. The zero-order chi connectivity index (χ0) is 8.55. The molecule has 2 saturated carbocycles. The van der Waals surface area contributed by atoms with Gasteiger partial charge in [-0.25, -0.2) is 0 Å². The Balaban J connectivity index is 2.05. The highest BCUT2D eigenvalue weighted by molar-refractivity contribution is 4.88. The SMILES string of the molecule is CC1CCC(O)C2CCCCC12. The maximum absolute atomic E-state index is 9.82. The zero-order valence-corrected chi connectivity index (χ0v) is 8.00. The summed E-state index contributed by atoms with van der Waals surface area (Å²) in [6.07, 6.45) is 7.76. The molecular formula is C11H20O. The van der Waals surface area contributed by atoms with Crippen molar-refractivity contribution in [1.29, 1.82) is 0 Å². The van der Waals surface area contributed by atoms with E-state index in [1.165, 1.54) is 32.1 Å². The van der Waals surface area contributed by atoms with Crippen molar-refractivity contribution in [2.45, 2.75) is 51.6 Å². The molecule has 2 rings (SSSR count). The van der Waals surface area contributed by atoms with Crippen LogP contribution in [0.1, 0.15) is 45.4 Å². The van der Waals surface area contributed by atoms with E-state index >= 15 is 0 Å². The van der Waals surface area contributed by atoms with Crippen LogP contribution in [-0.4, -0.2) is 11.2 Å². The Morgan fingerprint density at radius 1 is 0.917 bits per heavy atom. The van der Waals surface area contributed by atoms with E-state index in [0.717, 1.165) is 18.3 Å². The summed E-state index contributed by atoms with van der Waals surface area (Å²) in [5.74, 6) is 2.38. The van der Waals surface area contributed by atoms with E-state index in [4.69, 9.17) is 0 Å². The van der Waals surface area contributed by atoms with E-state index in [1.807, 2.05) is 0 Å². The topological polar surface area (TPSA) is 20.2 Å². The predicted octanol–water partition coefficient (Wildman–Crippen LogP) is 2.58. The summed E-state index contributed by atoms with van der Waals surface area (Å²) in [5, 5.41) is 9.82. The van der Waals surface area contributed by atoms with Gasteiger partial charge in [-0.3, -0.25) is 0 Å². The van der Waals surface area contributed by atoms with Crippen molar-refractivity contribution in [2.24, 2.45) is 17.8 Å². The molecule has 0 radical (unpaired) electrons. The predicted molar refractivity (Wildman–Crippen MR) is 49.9 cm³/mol. The van der Waals surface area contributed by atoms with E-state index in [1.54, 1.807) is 0 Å². The average molecular weight is 168 g/mol. The van der Waals surface area contributed by atoms with Crippen LogP contribution in [0.3, 0.4) is 0 Å². The van der Waals surface area contributed by atoms with Crippen LogP contribution >= 0.6 is 0 Å². The van der Waals surface area contributed by atoms with Crippen molar-refractivity contribution in [1.82, 2.24) is 0 Å². The highest BCUT2D eigenvalue weighted by Gasteiger charge is 2.37. The molecule has 70 valence electrons. The third kappa shape index (κ3) is 1.39. The molecule has 4 unspecified atom stereocenters. The van der Waals surface area contributed by atoms with Gasteiger partial charge in [0.1, 0.15) is 0 Å². The van der Waals surface area contributed by atoms with E-state index in [2.05, 4.69) is 6.92 Å². The highest BCUT2D eigenvalue weighted by atomic mass is 16.3. The van der Waals surface area contributed by atoms with Crippen LogP contribution in [0.25, 0.3) is 0 Å². The Morgan fingerprint density at radius 3 is 2.25 bits per heavy atom. The molecule has 1 nitrogen and oxygen atoms in total. The summed E-state index contributed by atoms with van der Waals surface area (Å²) in [6.45, 7) is 2.37. The van der Waals surface area contributed by atoms with E-state index in [-0.39, 0.29) is 6.10 Å². The Kier molecular flexibility index (Phi) is 2.40. The lowest BCUT2D eigenvalue weighted by molar-refractivity contribution is -0.0155. The normalized spacial score (nSPS) is 48.5. The molecule has 0 amide bonds. The Bertz CT molecular complexity index is 137. The van der Waals surface area contributed by atoms with Gasteiger partial charge >= 0.3 is 0 Å². The molecule has 0 bridgehead atoms. The molecule has 0 aromatic rings. The molecule has 2 fully saturated rings. The number of hydrogen-bond acceptors (Lipinski definition) is 1. The van der Waals surface area contributed by atoms with Gasteiger partial charge < -0.3 is 5.11 Å². The smallest absolute Gasteiger partial charge is 0.0571 e. The highest BCUT2D eigenvalue weighted by Crippen LogP contribution is 2.43. The maximum Gasteiger partial charge on any atom is 0.0571 e. The number of hydrogen-bond donors (Lipinski definition) is 1. The van der Waals surface area contributed by atoms with Gasteiger partial charge in [-0.1, -0.05) is 19.8 Å². The zero-order valence-electron chi connectivity index (χ0n) is 8.00. The first-order valence-corrected chi connectivity index (χ1v) is 5.47. The summed E-state index contributed by atoms with van der Waals surface area (Å²) < 4.78 is 0. The number of aliphatic hydroxyl groups is 1. The summed E-state index contributed by atoms with van der Waals surface area (Å²) in [5.41, 5.74) is 0. The van der Waals surface area contributed by atoms with Crippen molar-refractivity contribution < 1.29 is 5.11 Å². The van der Waals surface area contributed by atoms with Gasteiger partial charge in [-0.2, -0.15) is 0 Å². The van der Waals surface area contributed by atoms with Gasteiger partial charge in [0.15, 0.2) is 0 Å². The fourth-order valence-corrected chi connectivity index (χ4v) is 3.23. The van der Waals surface area contributed by atoms with Gasteiger partial charge in [-0.05, 0) is 43.4 Å². The van der Waals surface area contributed by atoms with Crippen LogP contribution in [0.5, 0.6) is 0 Å². The summed E-state index contributed by atoms with van der Waals surface area (Å²) >= 11 is 0. The summed E-state index contributed by atoms with van der Waals surface area (Å²) in [7, 11) is 0. The van der Waals surface area contributed by atoms with Gasteiger partial charge in [0, 0.05) is 0 Å². The van der Waals surface area contributed by atoms with Crippen molar-refractivity contribution >= 4 is 0 Å². The van der Waals surface area contributed by atoms with Gasteiger partial charge in [0.25, 0.3) is 0 Å². The molecule has 2 aliphatic rings. The molecule has 0 heterocycles. The minimum Gasteiger partial charge on any atom is -0.393 e. The molecule has 4 atom stereocenters. The first kappa shape index (κ1) is 8.55. The van der Waals surface area contributed by atoms with Crippen LogP contribution in [0.15, 0.2) is 0 Å². The second-order valence-electron chi connectivity index (χ2n) is 4.73. The second kappa shape index (κ2) is 3.37. The lowest BCUT2D eigenvalue weighted by Gasteiger charge is -2.42. The van der Waals surface area contributed by atoms with Gasteiger partial charge in [0.2, 0.25) is 0 Å². The standard InChI is InChI=1S/C11H20O/c1-8-6-7-11(12)10-5-3-2-4-9(8)10/h8-12H,2-7H2,1H3. The molecule has 0 aromatic carbocycles. The lowest BCUT2D eigenvalue weighted by Crippen LogP contribution is -2.38. The first-order chi connectivity index (χ1) is 5.79. The van der Waals surface area contributed by atoms with Crippen molar-refractivity contribution in [2.75, 3.05) is 0 Å². The largest absolute Gasteiger partial charge is 0.393 e. The Hall–Kier alpha value is -0.0400. The van der Waals surface area contributed by atoms with Crippen molar-refractivity contribution in [3.63, 3.8) is 0 Å². The van der Waals surface area contributed by atoms with E-state index in [9.17, 15) is 5.11 Å². The number of aliphatic hydroxyl groups excluding tert-OH is 1.